The molecule has 0 saturated carbocycles. The van der Waals surface area contributed by atoms with Crippen LogP contribution in [0.25, 0.3) is 11.3 Å². The Kier molecular flexibility index (Phi) is 6.87. The summed E-state index contributed by atoms with van der Waals surface area (Å²) in [5.41, 5.74) is 1.99. The van der Waals surface area contributed by atoms with Crippen molar-refractivity contribution in [2.24, 2.45) is 0 Å². The first-order valence-corrected chi connectivity index (χ1v) is 10.3. The predicted molar refractivity (Wildman–Crippen MR) is 112 cm³/mol. The molecule has 0 aliphatic rings. The number of amides is 1. The van der Waals surface area contributed by atoms with Crippen molar-refractivity contribution >= 4 is 17.7 Å². The van der Waals surface area contributed by atoms with E-state index in [0.717, 1.165) is 21.9 Å². The summed E-state index contributed by atoms with van der Waals surface area (Å²) in [6, 6.07) is 18.3. The molecule has 1 unspecified atom stereocenters. The Morgan fingerprint density at radius 1 is 1.10 bits per heavy atom. The van der Waals surface area contributed by atoms with E-state index in [1.807, 2.05) is 30.3 Å². The van der Waals surface area contributed by atoms with Crippen LogP contribution in [0.2, 0.25) is 0 Å². The van der Waals surface area contributed by atoms with Gasteiger partial charge in [0.05, 0.1) is 17.1 Å². The lowest BCUT2D eigenvalue weighted by molar-refractivity contribution is -0.141. The van der Waals surface area contributed by atoms with Gasteiger partial charge in [0.15, 0.2) is 5.16 Å². The monoisotopic (exact) mass is 433 g/mol. The Labute approximate surface area is 177 Å². The highest BCUT2D eigenvalue weighted by Gasteiger charge is 2.32. The van der Waals surface area contributed by atoms with Crippen LogP contribution in [0.15, 0.2) is 72.0 Å². The summed E-state index contributed by atoms with van der Waals surface area (Å²) in [4.78, 5) is 18.5. The molecule has 0 saturated heterocycles. The Hall–Kier alpha value is -2.74. The van der Waals surface area contributed by atoms with E-state index < -0.39 is 18.0 Å². The zero-order chi connectivity index (χ0) is 21.7. The number of hydrogen-bond acceptors (Lipinski definition) is 3. The molecule has 1 heterocycles. The lowest BCUT2D eigenvalue weighted by Crippen LogP contribution is -2.33. The van der Waals surface area contributed by atoms with Crippen LogP contribution >= 0.6 is 11.8 Å². The molecule has 158 valence electrons. The summed E-state index contributed by atoms with van der Waals surface area (Å²) in [6.45, 7) is 0.945. The minimum absolute atomic E-state index is 0.167. The molecular formula is C22H22F3N3OS. The molecular weight excluding hydrogens is 411 g/mol. The maximum absolute atomic E-state index is 13.2. The number of carbonyl (C=O) groups is 1. The molecule has 0 N–H and O–H groups in total. The van der Waals surface area contributed by atoms with Crippen molar-refractivity contribution < 1.29 is 18.0 Å². The van der Waals surface area contributed by atoms with E-state index in [0.29, 0.717) is 17.8 Å². The normalized spacial score (nSPS) is 12.6. The Morgan fingerprint density at radius 2 is 1.70 bits per heavy atom. The molecule has 0 radical (unpaired) electrons. The lowest BCUT2D eigenvalue weighted by atomic mass is 10.2. The fraction of sp³-hybridized carbons (Fsp3) is 0.273. The molecule has 30 heavy (non-hydrogen) atoms. The number of rotatable bonds is 7. The number of thioether (sulfide) groups is 1. The molecule has 2 aromatic carbocycles. The number of imidazole rings is 1. The van der Waals surface area contributed by atoms with Crippen molar-refractivity contribution in [1.82, 2.24) is 14.5 Å². The molecule has 0 aliphatic heterocycles. The van der Waals surface area contributed by atoms with E-state index in [1.54, 1.807) is 49.2 Å². The number of nitrogens with zero attached hydrogens (tertiary/aromatic N) is 3. The molecule has 1 amide bonds. The number of alkyl halides is 3. The highest BCUT2D eigenvalue weighted by atomic mass is 32.2. The SMILES string of the molecule is CC(Sc1ncc(-c2ccccc2)n1CC(F)(F)F)C(=O)N(C)Cc1ccccc1. The molecule has 1 aromatic heterocycles. The second-order valence-corrected chi connectivity index (χ2v) is 8.24. The molecule has 3 rings (SSSR count). The molecule has 0 fully saturated rings. The van der Waals surface area contributed by atoms with Gasteiger partial charge in [-0.2, -0.15) is 13.2 Å². The van der Waals surface area contributed by atoms with E-state index >= 15 is 0 Å². The van der Waals surface area contributed by atoms with Gasteiger partial charge in [-0.05, 0) is 18.1 Å². The smallest absolute Gasteiger partial charge is 0.340 e. The first kappa shape index (κ1) is 22.0. The van der Waals surface area contributed by atoms with E-state index in [1.165, 1.54) is 6.20 Å². The zero-order valence-corrected chi connectivity index (χ0v) is 17.5. The third-order valence-electron chi connectivity index (χ3n) is 4.49. The topological polar surface area (TPSA) is 38.1 Å². The van der Waals surface area contributed by atoms with E-state index in [9.17, 15) is 18.0 Å². The molecule has 1 atom stereocenters. The number of hydrogen-bond donors (Lipinski definition) is 0. The average Bonchev–Trinajstić information content (AvgIpc) is 3.09. The van der Waals surface area contributed by atoms with Gasteiger partial charge in [-0.3, -0.25) is 4.79 Å². The lowest BCUT2D eigenvalue weighted by Gasteiger charge is -2.22. The summed E-state index contributed by atoms with van der Waals surface area (Å²) in [6.07, 6.45) is -2.98. The van der Waals surface area contributed by atoms with E-state index in [4.69, 9.17) is 0 Å². The number of aromatic nitrogens is 2. The first-order chi connectivity index (χ1) is 14.2. The molecule has 3 aromatic rings. The van der Waals surface area contributed by atoms with Gasteiger partial charge in [-0.15, -0.1) is 0 Å². The van der Waals surface area contributed by atoms with Crippen molar-refractivity contribution in [2.75, 3.05) is 7.05 Å². The van der Waals surface area contributed by atoms with Crippen molar-refractivity contribution in [3.63, 3.8) is 0 Å². The summed E-state index contributed by atoms with van der Waals surface area (Å²) in [7, 11) is 1.68. The largest absolute Gasteiger partial charge is 0.406 e. The van der Waals surface area contributed by atoms with Crippen LogP contribution in [0.4, 0.5) is 13.2 Å². The summed E-state index contributed by atoms with van der Waals surface area (Å²) in [5, 5.41) is -0.420. The summed E-state index contributed by atoms with van der Waals surface area (Å²) >= 11 is 1.03. The van der Waals surface area contributed by atoms with Gasteiger partial charge in [0.25, 0.3) is 0 Å². The predicted octanol–water partition coefficient (Wildman–Crippen LogP) is 5.25. The van der Waals surface area contributed by atoms with E-state index in [2.05, 4.69) is 4.98 Å². The van der Waals surface area contributed by atoms with Crippen LogP contribution in [0, 0.1) is 0 Å². The van der Waals surface area contributed by atoms with Gasteiger partial charge in [0, 0.05) is 13.6 Å². The standard InChI is InChI=1S/C22H22F3N3OS/c1-16(20(29)27(2)14-17-9-5-3-6-10-17)30-21-26-13-19(18-11-7-4-8-12-18)28(21)15-22(23,24)25/h3-13,16H,14-15H2,1-2H3. The Balaban J connectivity index is 1.79. The first-order valence-electron chi connectivity index (χ1n) is 9.38. The van der Waals surface area contributed by atoms with Crippen molar-refractivity contribution in [3.05, 3.63) is 72.4 Å². The van der Waals surface area contributed by atoms with Crippen LogP contribution in [0.5, 0.6) is 0 Å². The van der Waals surface area contributed by atoms with Crippen LogP contribution < -0.4 is 0 Å². The van der Waals surface area contributed by atoms with Crippen molar-refractivity contribution in [3.8, 4) is 11.3 Å². The Bertz CT molecular complexity index is 974. The second kappa shape index (κ2) is 9.38. The van der Waals surface area contributed by atoms with Gasteiger partial charge in [-0.1, -0.05) is 72.4 Å². The van der Waals surface area contributed by atoms with Gasteiger partial charge >= 0.3 is 6.18 Å². The third kappa shape index (κ3) is 5.66. The van der Waals surface area contributed by atoms with Crippen LogP contribution in [0.1, 0.15) is 12.5 Å². The average molecular weight is 433 g/mol. The molecule has 0 bridgehead atoms. The van der Waals surface area contributed by atoms with Gasteiger partial charge in [0.1, 0.15) is 6.54 Å². The van der Waals surface area contributed by atoms with Crippen LogP contribution in [0.3, 0.4) is 0 Å². The highest BCUT2D eigenvalue weighted by molar-refractivity contribution is 8.00. The maximum atomic E-state index is 13.2. The minimum atomic E-state index is -4.41. The highest BCUT2D eigenvalue weighted by Crippen LogP contribution is 2.32. The number of halogens is 3. The van der Waals surface area contributed by atoms with Gasteiger partial charge in [-0.25, -0.2) is 4.98 Å². The quantitative estimate of drug-likeness (QED) is 0.478. The van der Waals surface area contributed by atoms with Crippen LogP contribution in [-0.2, 0) is 17.9 Å². The Morgan fingerprint density at radius 3 is 2.30 bits per heavy atom. The fourth-order valence-electron chi connectivity index (χ4n) is 3.08. The summed E-state index contributed by atoms with van der Waals surface area (Å²) < 4.78 is 40.8. The fourth-order valence-corrected chi connectivity index (χ4v) is 4.08. The number of benzene rings is 2. The molecule has 8 heteroatoms. The van der Waals surface area contributed by atoms with Gasteiger partial charge < -0.3 is 9.47 Å². The third-order valence-corrected chi connectivity index (χ3v) is 5.59. The minimum Gasteiger partial charge on any atom is -0.340 e. The molecule has 4 nitrogen and oxygen atoms in total. The maximum Gasteiger partial charge on any atom is 0.406 e. The number of carbonyl (C=O) groups excluding carboxylic acids is 1. The second-order valence-electron chi connectivity index (χ2n) is 6.93. The zero-order valence-electron chi connectivity index (χ0n) is 16.6. The molecule has 0 spiro atoms. The van der Waals surface area contributed by atoms with Crippen LogP contribution in [-0.4, -0.2) is 38.8 Å². The van der Waals surface area contributed by atoms with Crippen molar-refractivity contribution in [1.29, 1.82) is 0 Å². The van der Waals surface area contributed by atoms with Gasteiger partial charge in [0.2, 0.25) is 5.91 Å². The van der Waals surface area contributed by atoms with E-state index in [-0.39, 0.29) is 11.1 Å². The summed E-state index contributed by atoms with van der Waals surface area (Å²) in [5.74, 6) is -0.174. The van der Waals surface area contributed by atoms with Crippen molar-refractivity contribution in [2.45, 2.75) is 36.6 Å². The molecule has 0 aliphatic carbocycles.